The minimum atomic E-state index is 0.747. The highest BCUT2D eigenvalue weighted by Crippen LogP contribution is 1.90. The summed E-state index contributed by atoms with van der Waals surface area (Å²) in [5.74, 6) is 1.01. The van der Waals surface area contributed by atoms with Crippen LogP contribution in [0.25, 0.3) is 0 Å². The molecule has 0 saturated carbocycles. The molecule has 0 fully saturated rings. The van der Waals surface area contributed by atoms with Crippen LogP contribution >= 0.6 is 0 Å². The van der Waals surface area contributed by atoms with E-state index in [0.29, 0.717) is 0 Å². The molecule has 3 N–H and O–H groups in total. The van der Waals surface area contributed by atoms with Gasteiger partial charge in [0.2, 0.25) is 0 Å². The van der Waals surface area contributed by atoms with E-state index in [1.165, 1.54) is 0 Å². The average molecular weight is 183 g/mol. The largest absolute Gasteiger partial charge is 0.330 e. The molecule has 0 aliphatic carbocycles. The van der Waals surface area contributed by atoms with Gasteiger partial charge in [0.05, 0.1) is 0 Å². The summed E-state index contributed by atoms with van der Waals surface area (Å²) < 4.78 is 1.94. The zero-order chi connectivity index (χ0) is 9.52. The second-order valence-corrected chi connectivity index (χ2v) is 3.00. The summed E-state index contributed by atoms with van der Waals surface area (Å²) in [7, 11) is 1.95. The van der Waals surface area contributed by atoms with Gasteiger partial charge in [0.15, 0.2) is 0 Å². The fourth-order valence-electron chi connectivity index (χ4n) is 1.09. The van der Waals surface area contributed by atoms with Gasteiger partial charge in [0, 0.05) is 20.0 Å². The van der Waals surface area contributed by atoms with Gasteiger partial charge >= 0.3 is 0 Å². The lowest BCUT2D eigenvalue weighted by molar-refractivity contribution is 0.632. The number of nitrogens with one attached hydrogen (secondary N) is 1. The quantitative estimate of drug-likeness (QED) is 0.572. The maximum absolute atomic E-state index is 5.36. The van der Waals surface area contributed by atoms with Gasteiger partial charge in [-0.15, -0.1) is 10.2 Å². The topological polar surface area (TPSA) is 68.8 Å². The number of nitrogens with zero attached hydrogens (tertiary/aromatic N) is 3. The molecule has 5 heteroatoms. The molecule has 5 nitrogen and oxygen atoms in total. The van der Waals surface area contributed by atoms with Crippen LogP contribution in [-0.2, 0) is 13.5 Å². The monoisotopic (exact) mass is 183 g/mol. The van der Waals surface area contributed by atoms with Gasteiger partial charge in [0.1, 0.15) is 12.2 Å². The summed E-state index contributed by atoms with van der Waals surface area (Å²) in [6.07, 6.45) is 3.66. The highest BCUT2D eigenvalue weighted by atomic mass is 15.2. The second-order valence-electron chi connectivity index (χ2n) is 3.00. The Morgan fingerprint density at radius 2 is 2.38 bits per heavy atom. The van der Waals surface area contributed by atoms with Crippen molar-refractivity contribution in [3.8, 4) is 0 Å². The summed E-state index contributed by atoms with van der Waals surface area (Å²) >= 11 is 0. The minimum absolute atomic E-state index is 0.747. The van der Waals surface area contributed by atoms with Crippen LogP contribution in [0.1, 0.15) is 12.2 Å². The summed E-state index contributed by atoms with van der Waals surface area (Å²) in [4.78, 5) is 0. The van der Waals surface area contributed by atoms with E-state index in [-0.39, 0.29) is 0 Å². The molecule has 0 unspecified atom stereocenters. The van der Waals surface area contributed by atoms with E-state index in [2.05, 4.69) is 15.5 Å². The Balaban J connectivity index is 2.10. The molecular weight excluding hydrogens is 166 g/mol. The molecule has 0 aliphatic rings. The van der Waals surface area contributed by atoms with Gasteiger partial charge in [-0.05, 0) is 19.5 Å². The molecule has 13 heavy (non-hydrogen) atoms. The number of hydrogen-bond acceptors (Lipinski definition) is 4. The van der Waals surface area contributed by atoms with Crippen LogP contribution in [-0.4, -0.2) is 34.4 Å². The fourth-order valence-corrected chi connectivity index (χ4v) is 1.09. The highest BCUT2D eigenvalue weighted by Gasteiger charge is 1.98. The van der Waals surface area contributed by atoms with Gasteiger partial charge in [-0.3, -0.25) is 0 Å². The van der Waals surface area contributed by atoms with E-state index in [1.54, 1.807) is 6.33 Å². The highest BCUT2D eigenvalue weighted by molar-refractivity contribution is 4.84. The first-order chi connectivity index (χ1) is 6.34. The number of aryl methyl sites for hydroxylation is 1. The number of nitrogens with two attached hydrogens (primary N) is 1. The van der Waals surface area contributed by atoms with Gasteiger partial charge in [0.25, 0.3) is 0 Å². The van der Waals surface area contributed by atoms with Crippen LogP contribution in [0.5, 0.6) is 0 Å². The van der Waals surface area contributed by atoms with E-state index >= 15 is 0 Å². The molecule has 1 rings (SSSR count). The minimum Gasteiger partial charge on any atom is -0.330 e. The van der Waals surface area contributed by atoms with Gasteiger partial charge in [-0.1, -0.05) is 0 Å². The third kappa shape index (κ3) is 3.52. The van der Waals surface area contributed by atoms with E-state index in [1.807, 2.05) is 11.6 Å². The lowest BCUT2D eigenvalue weighted by atomic mass is 10.3. The van der Waals surface area contributed by atoms with E-state index in [4.69, 9.17) is 5.73 Å². The van der Waals surface area contributed by atoms with Crippen LogP contribution in [0.3, 0.4) is 0 Å². The van der Waals surface area contributed by atoms with Crippen molar-refractivity contribution in [3.05, 3.63) is 12.2 Å². The zero-order valence-electron chi connectivity index (χ0n) is 8.03. The van der Waals surface area contributed by atoms with Gasteiger partial charge < -0.3 is 15.6 Å². The maximum atomic E-state index is 5.36. The first-order valence-electron chi connectivity index (χ1n) is 4.58. The van der Waals surface area contributed by atoms with Crippen molar-refractivity contribution >= 4 is 0 Å². The predicted molar refractivity (Wildman–Crippen MR) is 51.2 cm³/mol. The van der Waals surface area contributed by atoms with Crippen LogP contribution in [0.15, 0.2) is 6.33 Å². The average Bonchev–Trinajstić information content (AvgIpc) is 2.52. The van der Waals surface area contributed by atoms with Crippen LogP contribution in [0.2, 0.25) is 0 Å². The molecule has 74 valence electrons. The molecule has 1 aromatic rings. The normalized spacial score (nSPS) is 10.6. The Morgan fingerprint density at radius 3 is 3.00 bits per heavy atom. The van der Waals surface area contributed by atoms with Crippen LogP contribution in [0.4, 0.5) is 0 Å². The van der Waals surface area contributed by atoms with Crippen molar-refractivity contribution in [2.75, 3.05) is 19.6 Å². The first-order valence-corrected chi connectivity index (χ1v) is 4.58. The number of aromatic nitrogens is 3. The lowest BCUT2D eigenvalue weighted by Crippen LogP contribution is -2.21. The molecule has 1 heterocycles. The van der Waals surface area contributed by atoms with E-state index in [9.17, 15) is 0 Å². The number of hydrogen-bond donors (Lipinski definition) is 2. The smallest absolute Gasteiger partial charge is 0.133 e. The van der Waals surface area contributed by atoms with Crippen molar-refractivity contribution in [3.63, 3.8) is 0 Å². The molecule has 0 saturated heterocycles. The summed E-state index contributed by atoms with van der Waals surface area (Å²) in [6.45, 7) is 2.66. The molecule has 0 amide bonds. The zero-order valence-corrected chi connectivity index (χ0v) is 8.03. The third-order valence-electron chi connectivity index (χ3n) is 1.89. The molecule has 0 radical (unpaired) electrons. The summed E-state index contributed by atoms with van der Waals surface area (Å²) in [5, 5.41) is 11.1. The Labute approximate surface area is 78.3 Å². The van der Waals surface area contributed by atoms with Crippen LogP contribution in [0, 0.1) is 0 Å². The van der Waals surface area contributed by atoms with Crippen molar-refractivity contribution in [2.24, 2.45) is 12.8 Å². The first kappa shape index (κ1) is 10.1. The van der Waals surface area contributed by atoms with Gasteiger partial charge in [-0.25, -0.2) is 0 Å². The standard InChI is InChI=1S/C8H17N5/c1-13-7-11-12-8(13)3-6-10-5-2-4-9/h7,10H,2-6,9H2,1H3. The molecule has 0 bridgehead atoms. The van der Waals surface area contributed by atoms with Crippen LogP contribution < -0.4 is 11.1 Å². The van der Waals surface area contributed by atoms with E-state index < -0.39 is 0 Å². The Morgan fingerprint density at radius 1 is 1.54 bits per heavy atom. The Bertz CT molecular complexity index is 232. The third-order valence-corrected chi connectivity index (χ3v) is 1.89. The molecule has 0 aliphatic heterocycles. The molecular formula is C8H17N5. The SMILES string of the molecule is Cn1cnnc1CCNCCCN. The lowest BCUT2D eigenvalue weighted by Gasteiger charge is -2.02. The Hall–Kier alpha value is -0.940. The molecule has 1 aromatic heterocycles. The van der Waals surface area contributed by atoms with Crippen molar-refractivity contribution < 1.29 is 0 Å². The van der Waals surface area contributed by atoms with Crippen molar-refractivity contribution in [1.82, 2.24) is 20.1 Å². The predicted octanol–water partition coefficient (Wildman–Crippen LogP) is -0.704. The number of rotatable bonds is 6. The fraction of sp³-hybridized carbons (Fsp3) is 0.750. The summed E-state index contributed by atoms with van der Waals surface area (Å²) in [5.41, 5.74) is 5.36. The van der Waals surface area contributed by atoms with Crippen molar-refractivity contribution in [2.45, 2.75) is 12.8 Å². The molecule has 0 atom stereocenters. The van der Waals surface area contributed by atoms with E-state index in [0.717, 1.165) is 38.3 Å². The van der Waals surface area contributed by atoms with Gasteiger partial charge in [-0.2, -0.15) is 0 Å². The summed E-state index contributed by atoms with van der Waals surface area (Å²) in [6, 6.07) is 0. The Kier molecular flexibility index (Phi) is 4.42. The molecule has 0 aromatic carbocycles. The maximum Gasteiger partial charge on any atom is 0.133 e. The van der Waals surface area contributed by atoms with Crippen molar-refractivity contribution in [1.29, 1.82) is 0 Å². The molecule has 0 spiro atoms. The second kappa shape index (κ2) is 5.66.